The summed E-state index contributed by atoms with van der Waals surface area (Å²) in [6, 6.07) is 5.21. The predicted molar refractivity (Wildman–Crippen MR) is 130 cm³/mol. The summed E-state index contributed by atoms with van der Waals surface area (Å²) in [4.78, 5) is 30.6. The zero-order chi connectivity index (χ0) is 24.9. The van der Waals surface area contributed by atoms with Gasteiger partial charge in [0.1, 0.15) is 5.82 Å². The van der Waals surface area contributed by atoms with Crippen molar-refractivity contribution in [3.8, 4) is 0 Å². The highest BCUT2D eigenvalue weighted by Gasteiger charge is 2.29. The zero-order valence-corrected chi connectivity index (χ0v) is 20.8. The van der Waals surface area contributed by atoms with E-state index in [2.05, 4.69) is 37.1 Å². The molecule has 0 unspecified atom stereocenters. The van der Waals surface area contributed by atoms with Gasteiger partial charge >= 0.3 is 0 Å². The quantitative estimate of drug-likeness (QED) is 0.602. The topological polar surface area (TPSA) is 88.3 Å². The summed E-state index contributed by atoms with van der Waals surface area (Å²) in [5.74, 6) is -1.37. The van der Waals surface area contributed by atoms with Gasteiger partial charge in [-0.05, 0) is 74.0 Å². The third-order valence-electron chi connectivity index (χ3n) is 6.22. The number of nitrogens with one attached hydrogen (secondary N) is 1. The van der Waals surface area contributed by atoms with Crippen molar-refractivity contribution in [1.82, 2.24) is 15.2 Å². The van der Waals surface area contributed by atoms with Crippen molar-refractivity contribution in [2.24, 2.45) is 11.1 Å². The number of nitrogens with two attached hydrogens (primary N) is 1. The fourth-order valence-electron chi connectivity index (χ4n) is 4.01. The molecule has 0 aliphatic carbocycles. The summed E-state index contributed by atoms with van der Waals surface area (Å²) < 4.78 is 14.5. The van der Waals surface area contributed by atoms with E-state index in [4.69, 9.17) is 5.73 Å². The van der Waals surface area contributed by atoms with Gasteiger partial charge in [-0.15, -0.1) is 0 Å². The van der Waals surface area contributed by atoms with Crippen LogP contribution in [-0.4, -0.2) is 48.4 Å². The van der Waals surface area contributed by atoms with Crippen molar-refractivity contribution < 1.29 is 14.0 Å². The van der Waals surface area contributed by atoms with Gasteiger partial charge in [-0.3, -0.25) is 14.6 Å². The molecule has 6 nitrogen and oxygen atoms in total. The predicted octanol–water partition coefficient (Wildman–Crippen LogP) is 3.75. The third-order valence-corrected chi connectivity index (χ3v) is 6.22. The molecule has 2 amide bonds. The second-order valence-electron chi connectivity index (χ2n) is 10.1. The Kier molecular flexibility index (Phi) is 8.72. The maximum absolute atomic E-state index is 14.5. The number of halogens is 1. The van der Waals surface area contributed by atoms with E-state index in [1.54, 1.807) is 13.0 Å². The maximum Gasteiger partial charge on any atom is 0.251 e. The first-order valence-electron chi connectivity index (χ1n) is 11.2. The molecule has 0 aliphatic rings. The highest BCUT2D eigenvalue weighted by atomic mass is 19.1. The van der Waals surface area contributed by atoms with Crippen molar-refractivity contribution >= 4 is 11.8 Å². The van der Waals surface area contributed by atoms with Crippen LogP contribution >= 0.6 is 0 Å². The molecule has 0 saturated carbocycles. The molecule has 1 aromatic carbocycles. The highest BCUT2D eigenvalue weighted by Crippen LogP contribution is 2.37. The second-order valence-corrected chi connectivity index (χ2v) is 10.1. The van der Waals surface area contributed by atoms with Crippen LogP contribution < -0.4 is 11.1 Å². The fourth-order valence-corrected chi connectivity index (χ4v) is 4.01. The lowest BCUT2D eigenvalue weighted by molar-refractivity contribution is -0.122. The number of rotatable bonds is 9. The summed E-state index contributed by atoms with van der Waals surface area (Å²) in [6.07, 6.45) is 4.53. The van der Waals surface area contributed by atoms with Crippen LogP contribution in [0.5, 0.6) is 0 Å². The van der Waals surface area contributed by atoms with E-state index < -0.39 is 11.7 Å². The van der Waals surface area contributed by atoms with Gasteiger partial charge < -0.3 is 16.0 Å². The number of amides is 2. The lowest BCUT2D eigenvalue weighted by Gasteiger charge is -2.31. The number of primary amides is 1. The maximum atomic E-state index is 14.5. The number of hydrogen-bond donors (Lipinski definition) is 2. The summed E-state index contributed by atoms with van der Waals surface area (Å²) in [5.41, 5.74) is 8.35. The lowest BCUT2D eigenvalue weighted by Crippen LogP contribution is -2.42. The van der Waals surface area contributed by atoms with Gasteiger partial charge in [0, 0.05) is 31.4 Å². The minimum Gasteiger partial charge on any atom is -0.366 e. The van der Waals surface area contributed by atoms with Crippen LogP contribution in [0, 0.1) is 25.1 Å². The Morgan fingerprint density at radius 2 is 1.85 bits per heavy atom. The van der Waals surface area contributed by atoms with Crippen molar-refractivity contribution in [2.45, 2.75) is 59.4 Å². The first kappa shape index (κ1) is 26.5. The number of pyridine rings is 1. The molecule has 0 saturated heterocycles. The largest absolute Gasteiger partial charge is 0.366 e. The monoisotopic (exact) mass is 456 g/mol. The lowest BCUT2D eigenvalue weighted by atomic mass is 9.74. The van der Waals surface area contributed by atoms with Crippen LogP contribution in [0.25, 0.3) is 0 Å². The van der Waals surface area contributed by atoms with Crippen LogP contribution in [0.2, 0.25) is 0 Å². The van der Waals surface area contributed by atoms with Gasteiger partial charge in [-0.2, -0.15) is 0 Å². The molecular weight excluding hydrogens is 419 g/mol. The number of aryl methyl sites for hydroxylation is 1. The number of nitrogens with zero attached hydrogens (tertiary/aromatic N) is 2. The van der Waals surface area contributed by atoms with Crippen molar-refractivity contribution in [3.63, 3.8) is 0 Å². The number of carbonyl (C=O) groups is 2. The fraction of sp³-hybridized carbons (Fsp3) is 0.500. The van der Waals surface area contributed by atoms with E-state index in [0.717, 1.165) is 16.7 Å². The van der Waals surface area contributed by atoms with Crippen molar-refractivity contribution in [1.29, 1.82) is 0 Å². The van der Waals surface area contributed by atoms with E-state index in [9.17, 15) is 14.0 Å². The van der Waals surface area contributed by atoms with Gasteiger partial charge in [-0.1, -0.05) is 32.9 Å². The zero-order valence-electron chi connectivity index (χ0n) is 20.8. The van der Waals surface area contributed by atoms with Gasteiger partial charge in [0.2, 0.25) is 5.91 Å². The third kappa shape index (κ3) is 7.09. The molecule has 0 bridgehead atoms. The van der Waals surface area contributed by atoms with Gasteiger partial charge in [-0.25, -0.2) is 4.39 Å². The Labute approximate surface area is 196 Å². The van der Waals surface area contributed by atoms with Gasteiger partial charge in [0.25, 0.3) is 5.91 Å². The summed E-state index contributed by atoms with van der Waals surface area (Å²) in [5, 5.41) is 3.07. The molecule has 0 radical (unpaired) electrons. The Hall–Kier alpha value is -2.80. The standard InChI is InChI=1S/C26H37FN4O2/c1-16-10-19(14-29-13-16)22(26(3,4)5)12-23(32)30-15-20(31(6)7)11-18-8-9-21(25(28)33)24(27)17(18)2/h8-10,13-14,20,22H,11-12,15H2,1-7H3,(H2,28,33)(H,30,32)/t20-,22+/m0/s1. The Morgan fingerprint density at radius 1 is 1.18 bits per heavy atom. The molecule has 3 N–H and O–H groups in total. The van der Waals surface area contributed by atoms with E-state index in [0.29, 0.717) is 24.9 Å². The normalized spacial score (nSPS) is 13.6. The van der Waals surface area contributed by atoms with E-state index in [1.165, 1.54) is 6.07 Å². The molecule has 2 atom stereocenters. The molecule has 0 spiro atoms. The first-order chi connectivity index (χ1) is 15.3. The Balaban J connectivity index is 2.11. The SMILES string of the molecule is Cc1cncc([C@@H](CC(=O)NC[C@H](Cc2ccc(C(N)=O)c(F)c2C)N(C)C)C(C)(C)C)c1. The van der Waals surface area contributed by atoms with Gasteiger partial charge in [0.15, 0.2) is 0 Å². The smallest absolute Gasteiger partial charge is 0.251 e. The molecule has 2 aromatic rings. The number of carbonyl (C=O) groups excluding carboxylic acids is 2. The molecule has 7 heteroatoms. The first-order valence-corrected chi connectivity index (χ1v) is 11.2. The highest BCUT2D eigenvalue weighted by molar-refractivity contribution is 5.93. The summed E-state index contributed by atoms with van der Waals surface area (Å²) in [7, 11) is 3.85. The van der Waals surface area contributed by atoms with Crippen LogP contribution in [0.3, 0.4) is 0 Å². The van der Waals surface area contributed by atoms with E-state index in [1.807, 2.05) is 38.3 Å². The molecule has 0 aliphatic heterocycles. The van der Waals surface area contributed by atoms with E-state index in [-0.39, 0.29) is 28.8 Å². The van der Waals surface area contributed by atoms with Gasteiger partial charge in [0.05, 0.1) is 5.56 Å². The van der Waals surface area contributed by atoms with Crippen LogP contribution in [0.15, 0.2) is 30.6 Å². The Morgan fingerprint density at radius 3 is 2.39 bits per heavy atom. The molecule has 180 valence electrons. The number of likely N-dealkylation sites (N-methyl/N-ethyl adjacent to an activating group) is 1. The van der Waals surface area contributed by atoms with Crippen molar-refractivity contribution in [3.05, 3.63) is 64.2 Å². The molecular formula is C26H37FN4O2. The molecule has 2 rings (SSSR count). The molecule has 33 heavy (non-hydrogen) atoms. The summed E-state index contributed by atoms with van der Waals surface area (Å²) in [6.45, 7) is 10.5. The minimum absolute atomic E-state index is 0.0281. The average Bonchev–Trinajstić information content (AvgIpc) is 2.70. The number of benzene rings is 1. The van der Waals surface area contributed by atoms with Crippen LogP contribution in [0.4, 0.5) is 4.39 Å². The van der Waals surface area contributed by atoms with Crippen LogP contribution in [-0.2, 0) is 11.2 Å². The minimum atomic E-state index is -0.782. The molecule has 1 aromatic heterocycles. The summed E-state index contributed by atoms with van der Waals surface area (Å²) >= 11 is 0. The molecule has 0 fully saturated rings. The average molecular weight is 457 g/mol. The van der Waals surface area contributed by atoms with Crippen LogP contribution in [0.1, 0.15) is 65.7 Å². The second kappa shape index (κ2) is 10.9. The molecule has 1 heterocycles. The Bertz CT molecular complexity index is 998. The number of aromatic nitrogens is 1. The van der Waals surface area contributed by atoms with E-state index >= 15 is 0 Å². The van der Waals surface area contributed by atoms with Crippen molar-refractivity contribution in [2.75, 3.05) is 20.6 Å². The number of hydrogen-bond acceptors (Lipinski definition) is 4.